The highest BCUT2D eigenvalue weighted by Gasteiger charge is 2.18. The van der Waals surface area contributed by atoms with Crippen LogP contribution in [0.2, 0.25) is 0 Å². The molecule has 0 aliphatic heterocycles. The quantitative estimate of drug-likeness (QED) is 0.203. The minimum atomic E-state index is 1.17. The van der Waals surface area contributed by atoms with Gasteiger partial charge in [-0.25, -0.2) is 0 Å². The van der Waals surface area contributed by atoms with Crippen LogP contribution in [0.4, 0.5) is 0 Å². The standard InChI is InChI=1S/C40H29N/c1-26-19-24-30(27(2)25-26)40-35-15-5-3-13-33(35)39(34-14-4-6-16-36(34)40)28-20-22-29(23-21-28)41-37-17-9-7-11-31(37)32-12-8-10-18-38(32)41/h3-25H,1-2H3. The number of aryl methyl sites for hydroxylation is 2. The molecule has 0 bridgehead atoms. The molecule has 7 aromatic carbocycles. The van der Waals surface area contributed by atoms with Crippen molar-refractivity contribution in [2.75, 3.05) is 0 Å². The average molecular weight is 524 g/mol. The van der Waals surface area contributed by atoms with Gasteiger partial charge in [-0.1, -0.05) is 121 Å². The van der Waals surface area contributed by atoms with Crippen LogP contribution in [0.5, 0.6) is 0 Å². The zero-order chi connectivity index (χ0) is 27.5. The van der Waals surface area contributed by atoms with Crippen LogP contribution in [0.1, 0.15) is 11.1 Å². The van der Waals surface area contributed by atoms with E-state index < -0.39 is 0 Å². The van der Waals surface area contributed by atoms with Crippen LogP contribution >= 0.6 is 0 Å². The van der Waals surface area contributed by atoms with E-state index in [9.17, 15) is 0 Å². The normalized spacial score (nSPS) is 11.7. The molecule has 194 valence electrons. The first kappa shape index (κ1) is 23.7. The number of hydrogen-bond donors (Lipinski definition) is 0. The van der Waals surface area contributed by atoms with Gasteiger partial charge in [0.15, 0.2) is 0 Å². The van der Waals surface area contributed by atoms with Crippen LogP contribution in [0.3, 0.4) is 0 Å². The van der Waals surface area contributed by atoms with E-state index in [1.807, 2.05) is 0 Å². The van der Waals surface area contributed by atoms with Crippen LogP contribution in [0.15, 0.2) is 140 Å². The molecule has 1 heteroatoms. The lowest BCUT2D eigenvalue weighted by Crippen LogP contribution is -1.95. The molecule has 8 rings (SSSR count). The summed E-state index contributed by atoms with van der Waals surface area (Å²) < 4.78 is 2.38. The van der Waals surface area contributed by atoms with Crippen molar-refractivity contribution < 1.29 is 0 Å². The Bertz CT molecular complexity index is 2150. The Balaban J connectivity index is 1.38. The predicted molar refractivity (Wildman–Crippen MR) is 176 cm³/mol. The fourth-order valence-electron chi connectivity index (χ4n) is 6.80. The Morgan fingerprint density at radius 2 is 0.878 bits per heavy atom. The molecule has 1 nitrogen and oxygen atoms in total. The topological polar surface area (TPSA) is 4.93 Å². The van der Waals surface area contributed by atoms with Crippen LogP contribution in [-0.2, 0) is 0 Å². The maximum Gasteiger partial charge on any atom is 0.0541 e. The Labute approximate surface area is 239 Å². The van der Waals surface area contributed by atoms with Crippen molar-refractivity contribution in [2.45, 2.75) is 13.8 Å². The molecule has 0 unspecified atom stereocenters. The van der Waals surface area contributed by atoms with E-state index in [1.165, 1.54) is 82.4 Å². The molecular formula is C40H29N. The van der Waals surface area contributed by atoms with E-state index in [0.29, 0.717) is 0 Å². The zero-order valence-electron chi connectivity index (χ0n) is 23.2. The van der Waals surface area contributed by atoms with Gasteiger partial charge >= 0.3 is 0 Å². The molecule has 0 saturated heterocycles. The highest BCUT2D eigenvalue weighted by Crippen LogP contribution is 2.44. The summed E-state index contributed by atoms with van der Waals surface area (Å²) in [5.41, 5.74) is 11.4. The molecule has 8 aromatic rings. The van der Waals surface area contributed by atoms with Gasteiger partial charge in [-0.2, -0.15) is 0 Å². The minimum Gasteiger partial charge on any atom is -0.309 e. The van der Waals surface area contributed by atoms with E-state index in [0.717, 1.165) is 0 Å². The van der Waals surface area contributed by atoms with Gasteiger partial charge in [-0.05, 0) is 87.5 Å². The van der Waals surface area contributed by atoms with Crippen molar-refractivity contribution in [2.24, 2.45) is 0 Å². The molecule has 0 radical (unpaired) electrons. The Hall–Kier alpha value is -5.14. The number of nitrogens with zero attached hydrogens (tertiary/aromatic N) is 1. The third-order valence-corrected chi connectivity index (χ3v) is 8.58. The molecule has 0 atom stereocenters. The van der Waals surface area contributed by atoms with Gasteiger partial charge in [0.25, 0.3) is 0 Å². The monoisotopic (exact) mass is 523 g/mol. The van der Waals surface area contributed by atoms with Gasteiger partial charge in [-0.3, -0.25) is 0 Å². The first-order chi connectivity index (χ1) is 20.2. The largest absolute Gasteiger partial charge is 0.309 e. The molecule has 0 fully saturated rings. The van der Waals surface area contributed by atoms with Gasteiger partial charge in [-0.15, -0.1) is 0 Å². The van der Waals surface area contributed by atoms with Gasteiger partial charge < -0.3 is 4.57 Å². The smallest absolute Gasteiger partial charge is 0.0541 e. The van der Waals surface area contributed by atoms with Crippen molar-refractivity contribution in [1.29, 1.82) is 0 Å². The Morgan fingerprint density at radius 3 is 1.39 bits per heavy atom. The van der Waals surface area contributed by atoms with Gasteiger partial charge in [0.1, 0.15) is 0 Å². The third kappa shape index (κ3) is 3.63. The lowest BCUT2D eigenvalue weighted by Gasteiger charge is -2.19. The van der Waals surface area contributed by atoms with E-state index in [4.69, 9.17) is 0 Å². The van der Waals surface area contributed by atoms with Crippen molar-refractivity contribution in [3.8, 4) is 27.9 Å². The summed E-state index contributed by atoms with van der Waals surface area (Å²) in [6.07, 6.45) is 0. The second kappa shape index (κ2) is 9.21. The van der Waals surface area contributed by atoms with Crippen molar-refractivity contribution in [1.82, 2.24) is 4.57 Å². The van der Waals surface area contributed by atoms with E-state index in [-0.39, 0.29) is 0 Å². The van der Waals surface area contributed by atoms with Crippen molar-refractivity contribution in [3.05, 3.63) is 151 Å². The molecule has 0 N–H and O–H groups in total. The minimum absolute atomic E-state index is 1.17. The van der Waals surface area contributed by atoms with Crippen LogP contribution in [-0.4, -0.2) is 4.57 Å². The summed E-state index contributed by atoms with van der Waals surface area (Å²) in [5.74, 6) is 0. The van der Waals surface area contributed by atoms with E-state index in [1.54, 1.807) is 0 Å². The van der Waals surface area contributed by atoms with Gasteiger partial charge in [0.2, 0.25) is 0 Å². The molecule has 0 aliphatic carbocycles. The lowest BCUT2D eigenvalue weighted by atomic mass is 9.84. The third-order valence-electron chi connectivity index (χ3n) is 8.58. The molecule has 0 saturated carbocycles. The number of fused-ring (bicyclic) bond motifs is 5. The maximum atomic E-state index is 2.38. The second-order valence-electron chi connectivity index (χ2n) is 11.1. The molecule has 1 heterocycles. The predicted octanol–water partition coefficient (Wildman–Crippen LogP) is 11.0. The highest BCUT2D eigenvalue weighted by molar-refractivity contribution is 6.21. The van der Waals surface area contributed by atoms with Crippen LogP contribution in [0.25, 0.3) is 71.3 Å². The lowest BCUT2D eigenvalue weighted by molar-refractivity contribution is 1.18. The average Bonchev–Trinajstić information content (AvgIpc) is 3.35. The van der Waals surface area contributed by atoms with E-state index >= 15 is 0 Å². The molecule has 41 heavy (non-hydrogen) atoms. The van der Waals surface area contributed by atoms with Gasteiger partial charge in [0.05, 0.1) is 11.0 Å². The van der Waals surface area contributed by atoms with Crippen molar-refractivity contribution in [3.63, 3.8) is 0 Å². The summed E-state index contributed by atoms with van der Waals surface area (Å²) in [6, 6.07) is 51.1. The SMILES string of the molecule is Cc1ccc(-c2c3ccccc3c(-c3ccc(-n4c5ccccc5c5ccccc54)cc3)c3ccccc23)c(C)c1. The fourth-order valence-corrected chi connectivity index (χ4v) is 6.80. The summed E-state index contributed by atoms with van der Waals surface area (Å²) >= 11 is 0. The number of aromatic nitrogens is 1. The molecule has 1 aromatic heterocycles. The Kier molecular flexibility index (Phi) is 5.33. The van der Waals surface area contributed by atoms with Crippen LogP contribution in [0, 0.1) is 13.8 Å². The van der Waals surface area contributed by atoms with Gasteiger partial charge in [0, 0.05) is 16.5 Å². The molecule has 0 amide bonds. The maximum absolute atomic E-state index is 2.38. The molecular weight excluding hydrogens is 494 g/mol. The zero-order valence-corrected chi connectivity index (χ0v) is 23.2. The molecule has 0 aliphatic rings. The van der Waals surface area contributed by atoms with Crippen LogP contribution < -0.4 is 0 Å². The highest BCUT2D eigenvalue weighted by atomic mass is 15.0. The second-order valence-corrected chi connectivity index (χ2v) is 11.1. The number of benzene rings is 7. The Morgan fingerprint density at radius 1 is 0.415 bits per heavy atom. The first-order valence-electron chi connectivity index (χ1n) is 14.3. The first-order valence-corrected chi connectivity index (χ1v) is 14.3. The fraction of sp³-hybridized carbons (Fsp3) is 0.0500. The number of para-hydroxylation sites is 2. The summed E-state index contributed by atoms with van der Waals surface area (Å²) in [5, 5.41) is 7.72. The van der Waals surface area contributed by atoms with E-state index in [2.05, 4.69) is 158 Å². The summed E-state index contributed by atoms with van der Waals surface area (Å²) in [4.78, 5) is 0. The number of rotatable bonds is 3. The molecule has 0 spiro atoms. The summed E-state index contributed by atoms with van der Waals surface area (Å²) in [6.45, 7) is 4.40. The van der Waals surface area contributed by atoms with Crippen molar-refractivity contribution >= 4 is 43.4 Å². The summed E-state index contributed by atoms with van der Waals surface area (Å²) in [7, 11) is 0. The number of hydrogen-bond acceptors (Lipinski definition) is 0.